The second-order valence-corrected chi connectivity index (χ2v) is 11.5. The Morgan fingerprint density at radius 3 is 2.62 bits per heavy atom. The first-order chi connectivity index (χ1) is 18.5. The maximum atomic E-state index is 14.4. The van der Waals surface area contributed by atoms with Crippen molar-refractivity contribution in [1.82, 2.24) is 20.0 Å². The molecule has 39 heavy (non-hydrogen) atoms. The zero-order valence-corrected chi connectivity index (χ0v) is 21.9. The van der Waals surface area contributed by atoms with E-state index < -0.39 is 29.0 Å². The van der Waals surface area contributed by atoms with Crippen molar-refractivity contribution in [3.05, 3.63) is 28.8 Å². The molecule has 0 aromatic carbocycles. The summed E-state index contributed by atoms with van der Waals surface area (Å²) in [6, 6.07) is 0. The first-order valence-electron chi connectivity index (χ1n) is 13.8. The van der Waals surface area contributed by atoms with Gasteiger partial charge in [-0.05, 0) is 50.4 Å². The third-order valence-corrected chi connectivity index (χ3v) is 8.50. The highest BCUT2D eigenvalue weighted by atomic mass is 19.4. The van der Waals surface area contributed by atoms with Crippen LogP contribution in [0.3, 0.4) is 0 Å². The molecule has 2 aromatic rings. The highest BCUT2D eigenvalue weighted by molar-refractivity contribution is 5.96. The van der Waals surface area contributed by atoms with Gasteiger partial charge in [-0.3, -0.25) is 14.3 Å². The number of rotatable bonds is 6. The summed E-state index contributed by atoms with van der Waals surface area (Å²) in [6.45, 7) is 4.20. The van der Waals surface area contributed by atoms with E-state index in [1.165, 1.54) is 0 Å². The molecule has 2 saturated heterocycles. The van der Waals surface area contributed by atoms with E-state index in [4.69, 9.17) is 9.15 Å². The lowest BCUT2D eigenvalue weighted by Crippen LogP contribution is -2.45. The molecule has 3 fully saturated rings. The Labute approximate surface area is 223 Å². The van der Waals surface area contributed by atoms with Gasteiger partial charge in [0.05, 0.1) is 17.4 Å². The Bertz CT molecular complexity index is 1270. The molecule has 4 heterocycles. The third-order valence-electron chi connectivity index (χ3n) is 8.50. The molecule has 1 saturated carbocycles. The van der Waals surface area contributed by atoms with Gasteiger partial charge in [-0.15, -0.1) is 0 Å². The number of aromatic nitrogens is 2. The summed E-state index contributed by atoms with van der Waals surface area (Å²) >= 11 is 0. The Balaban J connectivity index is 1.22. The highest BCUT2D eigenvalue weighted by Crippen LogP contribution is 2.48. The summed E-state index contributed by atoms with van der Waals surface area (Å²) in [4.78, 5) is 27.0. The van der Waals surface area contributed by atoms with Crippen molar-refractivity contribution < 1.29 is 37.0 Å². The van der Waals surface area contributed by atoms with Crippen molar-refractivity contribution in [2.45, 2.75) is 82.2 Å². The van der Waals surface area contributed by atoms with Gasteiger partial charge in [-0.1, -0.05) is 6.92 Å². The predicted octanol–water partition coefficient (Wildman–Crippen LogP) is 3.49. The first-order valence-corrected chi connectivity index (χ1v) is 13.8. The quantitative estimate of drug-likeness (QED) is 0.570. The number of nitrogens with zero attached hydrogens (tertiary/aromatic N) is 3. The number of likely N-dealkylation sites (tertiary alicyclic amines) is 1. The molecule has 2 N–H and O–H groups in total. The second-order valence-electron chi connectivity index (χ2n) is 11.5. The number of carbonyl (C=O) groups is 2. The number of hydrogen-bond donors (Lipinski definition) is 2. The molecule has 2 aromatic heterocycles. The number of amides is 2. The molecular formula is C27H33F3N4O5. The van der Waals surface area contributed by atoms with Crippen molar-refractivity contribution in [2.24, 2.45) is 5.92 Å². The van der Waals surface area contributed by atoms with Crippen molar-refractivity contribution >= 4 is 11.8 Å². The van der Waals surface area contributed by atoms with E-state index in [0.717, 1.165) is 25.7 Å². The smallest absolute Gasteiger partial charge is 0.420 e. The Kier molecular flexibility index (Phi) is 6.53. The molecule has 9 nitrogen and oxygen atoms in total. The monoisotopic (exact) mass is 550 g/mol. The standard InChI is InChI=1S/C27H33F3N4O5/c1-15-11-19-20(21(27(28,29)30)23(39-19)24(35)31-12-17-3-2-10-38-17)22-18(15)14-34(32-22)13-16-4-8-33(9-5-16)25(36)26(37)6-7-26/h14-17,37H,2-13H2,1H3,(H,31,35)/t15?,17-/m0/s1. The van der Waals surface area contributed by atoms with Crippen molar-refractivity contribution in [3.8, 4) is 11.3 Å². The number of alkyl halides is 3. The lowest BCUT2D eigenvalue weighted by atomic mass is 9.86. The summed E-state index contributed by atoms with van der Waals surface area (Å²) in [5.74, 6) is -1.64. The van der Waals surface area contributed by atoms with Crippen LogP contribution in [0.5, 0.6) is 0 Å². The molecule has 0 bridgehead atoms. The molecule has 6 rings (SSSR count). The van der Waals surface area contributed by atoms with Gasteiger partial charge in [0, 0.05) is 51.0 Å². The van der Waals surface area contributed by atoms with Crippen LogP contribution in [-0.4, -0.2) is 69.5 Å². The van der Waals surface area contributed by atoms with Crippen LogP contribution >= 0.6 is 0 Å². The van der Waals surface area contributed by atoms with Gasteiger partial charge in [0.25, 0.3) is 11.8 Å². The van der Waals surface area contributed by atoms with Crippen molar-refractivity contribution in [3.63, 3.8) is 0 Å². The van der Waals surface area contributed by atoms with Crippen LogP contribution in [0.15, 0.2) is 10.6 Å². The van der Waals surface area contributed by atoms with Crippen LogP contribution in [0.4, 0.5) is 13.2 Å². The Hall–Kier alpha value is -2.86. The molecule has 212 valence electrons. The van der Waals surface area contributed by atoms with Crippen molar-refractivity contribution in [1.29, 1.82) is 0 Å². The summed E-state index contributed by atoms with van der Waals surface area (Å²) in [5, 5.41) is 17.3. The minimum absolute atomic E-state index is 0.125. The zero-order chi connectivity index (χ0) is 27.5. The number of ether oxygens (including phenoxy) is 1. The lowest BCUT2D eigenvalue weighted by molar-refractivity contribution is -0.144. The number of aliphatic hydroxyl groups is 1. The fraction of sp³-hybridized carbons (Fsp3) is 0.667. The molecular weight excluding hydrogens is 517 g/mol. The van der Waals surface area contributed by atoms with Crippen LogP contribution in [0.25, 0.3) is 11.3 Å². The molecule has 0 spiro atoms. The Morgan fingerprint density at radius 1 is 1.23 bits per heavy atom. The van der Waals surface area contributed by atoms with E-state index in [-0.39, 0.29) is 53.8 Å². The third kappa shape index (κ3) is 4.97. The van der Waals surface area contributed by atoms with E-state index in [1.54, 1.807) is 15.8 Å². The van der Waals surface area contributed by atoms with Crippen molar-refractivity contribution in [2.75, 3.05) is 26.2 Å². The number of carbonyl (C=O) groups excluding carboxylic acids is 2. The van der Waals surface area contributed by atoms with Crippen LogP contribution in [0.2, 0.25) is 0 Å². The molecule has 4 aliphatic rings. The number of furan rings is 1. The summed E-state index contributed by atoms with van der Waals surface area (Å²) in [5.41, 5.74) is -1.49. The lowest BCUT2D eigenvalue weighted by Gasteiger charge is -2.33. The van der Waals surface area contributed by atoms with Crippen LogP contribution in [0.1, 0.15) is 78.8 Å². The maximum absolute atomic E-state index is 14.4. The fourth-order valence-electron chi connectivity index (χ4n) is 6.08. The molecule has 2 aliphatic heterocycles. The van der Waals surface area contributed by atoms with E-state index in [9.17, 15) is 27.9 Å². The molecule has 2 amide bonds. The molecule has 1 unspecified atom stereocenters. The van der Waals surface area contributed by atoms with E-state index in [0.29, 0.717) is 44.6 Å². The van der Waals surface area contributed by atoms with E-state index in [2.05, 4.69) is 10.4 Å². The van der Waals surface area contributed by atoms with Gasteiger partial charge in [-0.25, -0.2) is 0 Å². The minimum Gasteiger partial charge on any atom is -0.455 e. The number of hydrogen-bond acceptors (Lipinski definition) is 6. The van der Waals surface area contributed by atoms with Crippen LogP contribution in [-0.2, 0) is 28.7 Å². The van der Waals surface area contributed by atoms with Gasteiger partial charge >= 0.3 is 6.18 Å². The summed E-state index contributed by atoms with van der Waals surface area (Å²) < 4.78 is 55.9. The molecule has 2 atom stereocenters. The van der Waals surface area contributed by atoms with Crippen LogP contribution < -0.4 is 5.32 Å². The predicted molar refractivity (Wildman–Crippen MR) is 132 cm³/mol. The molecule has 12 heteroatoms. The summed E-state index contributed by atoms with van der Waals surface area (Å²) in [7, 11) is 0. The van der Waals surface area contributed by atoms with Crippen LogP contribution in [0, 0.1) is 5.92 Å². The van der Waals surface area contributed by atoms with E-state index >= 15 is 0 Å². The largest absolute Gasteiger partial charge is 0.455 e. The summed E-state index contributed by atoms with van der Waals surface area (Å²) in [6.07, 6.45) is 1.10. The van der Waals surface area contributed by atoms with Gasteiger partial charge in [0.1, 0.15) is 16.9 Å². The number of piperidine rings is 1. The normalized spacial score (nSPS) is 24.4. The van der Waals surface area contributed by atoms with E-state index in [1.807, 2.05) is 6.92 Å². The topological polar surface area (TPSA) is 110 Å². The minimum atomic E-state index is -4.81. The maximum Gasteiger partial charge on any atom is 0.420 e. The van der Waals surface area contributed by atoms with Gasteiger partial charge in [0.2, 0.25) is 5.76 Å². The number of fused-ring (bicyclic) bond motifs is 3. The highest BCUT2D eigenvalue weighted by Gasteiger charge is 2.50. The number of halogens is 3. The van der Waals surface area contributed by atoms with Gasteiger partial charge < -0.3 is 24.5 Å². The van der Waals surface area contributed by atoms with Gasteiger partial charge in [0.15, 0.2) is 0 Å². The zero-order valence-electron chi connectivity index (χ0n) is 21.9. The SMILES string of the molecule is CC1Cc2oc(C(=O)NC[C@@H]3CCCO3)c(C(F)(F)F)c2-c2nn(CC3CCN(C(=O)C4(O)CC4)CC3)cc21. The fourth-order valence-corrected chi connectivity index (χ4v) is 6.08. The second kappa shape index (κ2) is 9.65. The average Bonchev–Trinajstić information content (AvgIpc) is 3.28. The molecule has 2 aliphatic carbocycles. The first kappa shape index (κ1) is 26.4. The number of nitrogens with one attached hydrogen (secondary N) is 1. The Morgan fingerprint density at radius 2 is 1.97 bits per heavy atom. The van der Waals surface area contributed by atoms with Gasteiger partial charge in [-0.2, -0.15) is 18.3 Å². The molecule has 0 radical (unpaired) electrons. The average molecular weight is 551 g/mol.